The van der Waals surface area contributed by atoms with E-state index in [1.165, 1.54) is 11.3 Å². The van der Waals surface area contributed by atoms with E-state index in [1.807, 2.05) is 26.2 Å². The van der Waals surface area contributed by atoms with E-state index in [-0.39, 0.29) is 16.6 Å². The van der Waals surface area contributed by atoms with Gasteiger partial charge in [0, 0.05) is 10.8 Å². The fourth-order valence-corrected chi connectivity index (χ4v) is 1.72. The van der Waals surface area contributed by atoms with Gasteiger partial charge in [0.25, 0.3) is 0 Å². The first-order valence-electron chi connectivity index (χ1n) is 5.13. The molecule has 2 nitrogen and oxygen atoms in total. The number of carbonyl (C=O) groups excluding carboxylic acids is 1. The van der Waals surface area contributed by atoms with Crippen LogP contribution in [0.1, 0.15) is 50.1 Å². The molecular formula is C12H19NOS. The van der Waals surface area contributed by atoms with Gasteiger partial charge in [-0.05, 0) is 12.3 Å². The molecule has 1 aromatic heterocycles. The third kappa shape index (κ3) is 2.28. The second-order valence-corrected chi connectivity index (χ2v) is 6.52. The average molecular weight is 225 g/mol. The summed E-state index contributed by atoms with van der Waals surface area (Å²) in [7, 11) is 0. The van der Waals surface area contributed by atoms with E-state index in [2.05, 4.69) is 25.8 Å². The number of thiazole rings is 1. The Morgan fingerprint density at radius 2 is 1.80 bits per heavy atom. The number of ketones is 1. The van der Waals surface area contributed by atoms with Gasteiger partial charge in [-0.2, -0.15) is 0 Å². The monoisotopic (exact) mass is 225 g/mol. The predicted molar refractivity (Wildman–Crippen MR) is 64.4 cm³/mol. The van der Waals surface area contributed by atoms with Crippen LogP contribution in [-0.4, -0.2) is 10.8 Å². The van der Waals surface area contributed by atoms with Gasteiger partial charge in [0.15, 0.2) is 5.78 Å². The fraction of sp³-hybridized carbons (Fsp3) is 0.667. The zero-order valence-corrected chi connectivity index (χ0v) is 11.2. The van der Waals surface area contributed by atoms with Crippen molar-refractivity contribution in [3.63, 3.8) is 0 Å². The Balaban J connectivity index is 3.05. The van der Waals surface area contributed by atoms with Crippen molar-refractivity contribution >= 4 is 17.1 Å². The van der Waals surface area contributed by atoms with Crippen LogP contribution in [0.3, 0.4) is 0 Å². The molecule has 1 aromatic rings. The average Bonchev–Trinajstić information content (AvgIpc) is 2.48. The summed E-state index contributed by atoms with van der Waals surface area (Å²) in [6.07, 6.45) is 0. The van der Waals surface area contributed by atoms with Crippen molar-refractivity contribution in [1.82, 2.24) is 4.98 Å². The van der Waals surface area contributed by atoms with Gasteiger partial charge in [0.05, 0.1) is 5.01 Å². The molecule has 0 bridgehead atoms. The summed E-state index contributed by atoms with van der Waals surface area (Å²) in [5.74, 6) is 0.138. The van der Waals surface area contributed by atoms with Crippen molar-refractivity contribution in [3.05, 3.63) is 16.1 Å². The number of hydrogen-bond acceptors (Lipinski definition) is 3. The van der Waals surface area contributed by atoms with Gasteiger partial charge in [0.1, 0.15) is 5.69 Å². The molecule has 84 valence electrons. The molecule has 0 aliphatic heterocycles. The van der Waals surface area contributed by atoms with E-state index < -0.39 is 0 Å². The van der Waals surface area contributed by atoms with Gasteiger partial charge in [-0.3, -0.25) is 4.79 Å². The van der Waals surface area contributed by atoms with E-state index >= 15 is 0 Å². The Labute approximate surface area is 95.7 Å². The second kappa shape index (κ2) is 3.71. The summed E-state index contributed by atoms with van der Waals surface area (Å²) in [5, 5.41) is 2.80. The lowest BCUT2D eigenvalue weighted by molar-refractivity contribution is 0.0620. The zero-order valence-electron chi connectivity index (χ0n) is 10.3. The van der Waals surface area contributed by atoms with Crippen molar-refractivity contribution in [3.8, 4) is 0 Å². The largest absolute Gasteiger partial charge is 0.292 e. The maximum Gasteiger partial charge on any atom is 0.188 e. The molecule has 0 fully saturated rings. The Hall–Kier alpha value is -0.700. The van der Waals surface area contributed by atoms with Crippen LogP contribution in [-0.2, 0) is 0 Å². The first kappa shape index (κ1) is 12.4. The van der Waals surface area contributed by atoms with E-state index in [4.69, 9.17) is 0 Å². The zero-order chi connectivity index (χ0) is 11.9. The Morgan fingerprint density at radius 3 is 2.13 bits per heavy atom. The molecule has 0 aliphatic carbocycles. The van der Waals surface area contributed by atoms with Crippen LogP contribution in [0.25, 0.3) is 0 Å². The first-order valence-corrected chi connectivity index (χ1v) is 6.01. The van der Waals surface area contributed by atoms with Crippen molar-refractivity contribution in [2.24, 2.45) is 10.8 Å². The molecule has 0 saturated heterocycles. The van der Waals surface area contributed by atoms with Crippen LogP contribution in [0, 0.1) is 17.8 Å². The van der Waals surface area contributed by atoms with Crippen molar-refractivity contribution in [2.45, 2.75) is 41.5 Å². The van der Waals surface area contributed by atoms with Gasteiger partial charge in [-0.25, -0.2) is 4.98 Å². The Kier molecular flexibility index (Phi) is 3.06. The third-order valence-electron chi connectivity index (χ3n) is 3.29. The molecule has 0 aromatic carbocycles. The van der Waals surface area contributed by atoms with E-state index in [9.17, 15) is 4.79 Å². The lowest BCUT2D eigenvalue weighted by Gasteiger charge is -2.36. The normalized spacial score (nSPS) is 12.9. The highest BCUT2D eigenvalue weighted by molar-refractivity contribution is 7.09. The second-order valence-electron chi connectivity index (χ2n) is 5.46. The first-order chi connectivity index (χ1) is 6.66. The summed E-state index contributed by atoms with van der Waals surface area (Å²) < 4.78 is 0. The van der Waals surface area contributed by atoms with E-state index in [1.54, 1.807) is 0 Å². The number of Topliss-reactive ketones (excluding diaryl/α,β-unsaturated/α-hetero) is 1. The molecule has 0 aliphatic rings. The SMILES string of the molecule is Cc1nc(C(=O)C(C)(C)C(C)(C)C)cs1. The van der Waals surface area contributed by atoms with Gasteiger partial charge in [-0.15, -0.1) is 11.3 Å². The van der Waals surface area contributed by atoms with Crippen molar-refractivity contribution in [2.75, 3.05) is 0 Å². The van der Waals surface area contributed by atoms with E-state index in [0.717, 1.165) is 5.01 Å². The lowest BCUT2D eigenvalue weighted by atomic mass is 9.66. The summed E-state index contributed by atoms with van der Waals surface area (Å²) in [6.45, 7) is 12.2. The number of aryl methyl sites for hydroxylation is 1. The maximum absolute atomic E-state index is 12.3. The summed E-state index contributed by atoms with van der Waals surface area (Å²) >= 11 is 1.53. The number of hydrogen-bond donors (Lipinski definition) is 0. The summed E-state index contributed by atoms with van der Waals surface area (Å²) in [6, 6.07) is 0. The molecule has 15 heavy (non-hydrogen) atoms. The molecule has 1 rings (SSSR count). The van der Waals surface area contributed by atoms with Crippen LogP contribution < -0.4 is 0 Å². The molecule has 0 spiro atoms. The standard InChI is InChI=1S/C12H19NOS/c1-8-13-9(7-15-8)10(14)12(5,6)11(2,3)4/h7H,1-6H3. The van der Waals surface area contributed by atoms with E-state index in [0.29, 0.717) is 5.69 Å². The third-order valence-corrected chi connectivity index (χ3v) is 4.07. The maximum atomic E-state index is 12.3. The Bertz CT molecular complexity index is 371. The Morgan fingerprint density at radius 1 is 1.27 bits per heavy atom. The number of carbonyl (C=O) groups is 1. The highest BCUT2D eigenvalue weighted by Gasteiger charge is 2.40. The molecule has 0 N–H and O–H groups in total. The molecule has 0 unspecified atom stereocenters. The van der Waals surface area contributed by atoms with Crippen molar-refractivity contribution < 1.29 is 4.79 Å². The number of rotatable bonds is 2. The van der Waals surface area contributed by atoms with Crippen molar-refractivity contribution in [1.29, 1.82) is 0 Å². The fourth-order valence-electron chi connectivity index (χ4n) is 1.13. The minimum absolute atomic E-state index is 0.0540. The quantitative estimate of drug-likeness (QED) is 0.718. The molecule has 1 heterocycles. The topological polar surface area (TPSA) is 30.0 Å². The molecule has 0 atom stereocenters. The summed E-state index contributed by atoms with van der Waals surface area (Å²) in [4.78, 5) is 16.5. The minimum Gasteiger partial charge on any atom is -0.292 e. The predicted octanol–water partition coefficient (Wildman–Crippen LogP) is 3.71. The van der Waals surface area contributed by atoms with Crippen LogP contribution in [0.4, 0.5) is 0 Å². The van der Waals surface area contributed by atoms with Gasteiger partial charge >= 0.3 is 0 Å². The highest BCUT2D eigenvalue weighted by Crippen LogP contribution is 2.40. The molecule has 0 radical (unpaired) electrons. The van der Waals surface area contributed by atoms with Gasteiger partial charge < -0.3 is 0 Å². The van der Waals surface area contributed by atoms with Gasteiger partial charge in [0.2, 0.25) is 0 Å². The molecule has 0 saturated carbocycles. The molecular weight excluding hydrogens is 206 g/mol. The van der Waals surface area contributed by atoms with Crippen LogP contribution in [0.5, 0.6) is 0 Å². The molecule has 0 amide bonds. The van der Waals surface area contributed by atoms with Gasteiger partial charge in [-0.1, -0.05) is 34.6 Å². The van der Waals surface area contributed by atoms with Crippen LogP contribution >= 0.6 is 11.3 Å². The number of aromatic nitrogens is 1. The van der Waals surface area contributed by atoms with Crippen LogP contribution in [0.2, 0.25) is 0 Å². The summed E-state index contributed by atoms with van der Waals surface area (Å²) in [5.41, 5.74) is 0.173. The lowest BCUT2D eigenvalue weighted by Crippen LogP contribution is -2.37. The number of nitrogens with zero attached hydrogens (tertiary/aromatic N) is 1. The highest BCUT2D eigenvalue weighted by atomic mass is 32.1. The minimum atomic E-state index is -0.381. The molecule has 3 heteroatoms. The van der Waals surface area contributed by atoms with Crippen LogP contribution in [0.15, 0.2) is 5.38 Å². The smallest absolute Gasteiger partial charge is 0.188 e.